The highest BCUT2D eigenvalue weighted by atomic mass is 32.2. The van der Waals surface area contributed by atoms with E-state index in [9.17, 15) is 0 Å². The van der Waals surface area contributed by atoms with Crippen LogP contribution in [0.3, 0.4) is 0 Å². The molecular weight excluding hydrogens is 238 g/mol. The Hall–Kier alpha value is -0.470. The largest absolute Gasteiger partial charge is 0.310 e. The normalized spacial score (nSPS) is 18.7. The summed E-state index contributed by atoms with van der Waals surface area (Å²) in [7, 11) is 0. The van der Waals surface area contributed by atoms with Gasteiger partial charge in [-0.1, -0.05) is 56.5 Å². The van der Waals surface area contributed by atoms with Crippen LogP contribution in [0.1, 0.15) is 50.6 Å². The maximum absolute atomic E-state index is 3.62. The van der Waals surface area contributed by atoms with E-state index in [0.29, 0.717) is 6.04 Å². The van der Waals surface area contributed by atoms with E-state index in [4.69, 9.17) is 0 Å². The van der Waals surface area contributed by atoms with Gasteiger partial charge in [0, 0.05) is 17.0 Å². The Morgan fingerprint density at radius 1 is 1.17 bits per heavy atom. The first-order chi connectivity index (χ1) is 8.90. The summed E-state index contributed by atoms with van der Waals surface area (Å²) in [6.45, 7) is 3.24. The molecule has 0 aliphatic heterocycles. The second-order valence-electron chi connectivity index (χ2n) is 5.11. The van der Waals surface area contributed by atoms with Crippen LogP contribution in [0.15, 0.2) is 30.3 Å². The third-order valence-corrected chi connectivity index (χ3v) is 5.17. The molecule has 0 spiro atoms. The third-order valence-electron chi connectivity index (χ3n) is 3.70. The molecule has 0 heterocycles. The van der Waals surface area contributed by atoms with Crippen LogP contribution >= 0.6 is 11.8 Å². The SMILES string of the molecule is CCNC(CSC1CCCCC1)c1ccccc1. The first-order valence-electron chi connectivity index (χ1n) is 7.30. The predicted octanol–water partition coefficient (Wildman–Crippen LogP) is 4.40. The van der Waals surface area contributed by atoms with Gasteiger partial charge >= 0.3 is 0 Å². The van der Waals surface area contributed by atoms with Gasteiger partial charge in [-0.2, -0.15) is 11.8 Å². The van der Waals surface area contributed by atoms with Crippen molar-refractivity contribution in [3.63, 3.8) is 0 Å². The average Bonchev–Trinajstić information content (AvgIpc) is 2.45. The van der Waals surface area contributed by atoms with Gasteiger partial charge in [0.1, 0.15) is 0 Å². The van der Waals surface area contributed by atoms with Crippen LogP contribution in [-0.4, -0.2) is 17.5 Å². The molecule has 1 saturated carbocycles. The van der Waals surface area contributed by atoms with E-state index in [2.05, 4.69) is 54.3 Å². The summed E-state index contributed by atoms with van der Waals surface area (Å²) in [5.74, 6) is 1.21. The number of nitrogens with one attached hydrogen (secondary N) is 1. The molecule has 1 unspecified atom stereocenters. The standard InChI is InChI=1S/C16H25NS/c1-2-17-16(14-9-5-3-6-10-14)13-18-15-11-7-4-8-12-15/h3,5-6,9-10,15-17H,2,4,7-8,11-13H2,1H3. The summed E-state index contributed by atoms with van der Waals surface area (Å²) >= 11 is 2.18. The Labute approximate surface area is 116 Å². The lowest BCUT2D eigenvalue weighted by Gasteiger charge is -2.24. The second-order valence-corrected chi connectivity index (χ2v) is 6.45. The van der Waals surface area contributed by atoms with Gasteiger partial charge in [-0.15, -0.1) is 0 Å². The molecule has 18 heavy (non-hydrogen) atoms. The number of thioether (sulfide) groups is 1. The predicted molar refractivity (Wildman–Crippen MR) is 82.2 cm³/mol. The van der Waals surface area contributed by atoms with E-state index in [1.54, 1.807) is 0 Å². The van der Waals surface area contributed by atoms with Crippen molar-refractivity contribution in [2.75, 3.05) is 12.3 Å². The van der Waals surface area contributed by atoms with Crippen LogP contribution < -0.4 is 5.32 Å². The number of hydrogen-bond acceptors (Lipinski definition) is 2. The van der Waals surface area contributed by atoms with Crippen LogP contribution in [0.5, 0.6) is 0 Å². The molecule has 100 valence electrons. The zero-order valence-corrected chi connectivity index (χ0v) is 12.2. The number of benzene rings is 1. The van der Waals surface area contributed by atoms with Crippen molar-refractivity contribution >= 4 is 11.8 Å². The van der Waals surface area contributed by atoms with Crippen LogP contribution in [-0.2, 0) is 0 Å². The highest BCUT2D eigenvalue weighted by Crippen LogP contribution is 2.30. The molecule has 1 aliphatic carbocycles. The minimum atomic E-state index is 0.517. The van der Waals surface area contributed by atoms with Crippen LogP contribution in [0.2, 0.25) is 0 Å². The molecule has 2 heteroatoms. The van der Waals surface area contributed by atoms with Crippen LogP contribution in [0.4, 0.5) is 0 Å². The summed E-state index contributed by atoms with van der Waals surface area (Å²) in [5, 5.41) is 4.52. The summed E-state index contributed by atoms with van der Waals surface area (Å²) < 4.78 is 0. The summed E-state index contributed by atoms with van der Waals surface area (Å²) in [5.41, 5.74) is 1.43. The van der Waals surface area contributed by atoms with Crippen LogP contribution in [0, 0.1) is 0 Å². The maximum atomic E-state index is 3.62. The van der Waals surface area contributed by atoms with Crippen molar-refractivity contribution in [2.24, 2.45) is 0 Å². The van der Waals surface area contributed by atoms with Crippen molar-refractivity contribution in [1.82, 2.24) is 5.32 Å². The fraction of sp³-hybridized carbons (Fsp3) is 0.625. The minimum Gasteiger partial charge on any atom is -0.310 e. The average molecular weight is 263 g/mol. The first kappa shape index (κ1) is 14.0. The molecule has 0 bridgehead atoms. The fourth-order valence-electron chi connectivity index (χ4n) is 2.67. The van der Waals surface area contributed by atoms with Gasteiger partial charge in [-0.05, 0) is 24.9 Å². The molecule has 1 N–H and O–H groups in total. The molecule has 0 aromatic heterocycles. The topological polar surface area (TPSA) is 12.0 Å². The number of hydrogen-bond donors (Lipinski definition) is 1. The van der Waals surface area contributed by atoms with Gasteiger partial charge < -0.3 is 5.32 Å². The highest BCUT2D eigenvalue weighted by molar-refractivity contribution is 7.99. The van der Waals surface area contributed by atoms with E-state index in [1.807, 2.05) is 0 Å². The van der Waals surface area contributed by atoms with E-state index in [-0.39, 0.29) is 0 Å². The minimum absolute atomic E-state index is 0.517. The smallest absolute Gasteiger partial charge is 0.0411 e. The lowest BCUT2D eigenvalue weighted by atomic mass is 10.0. The van der Waals surface area contributed by atoms with Gasteiger partial charge in [0.2, 0.25) is 0 Å². The molecule has 1 atom stereocenters. The van der Waals surface area contributed by atoms with Crippen molar-refractivity contribution < 1.29 is 0 Å². The lowest BCUT2D eigenvalue weighted by Crippen LogP contribution is -2.24. The van der Waals surface area contributed by atoms with Crippen molar-refractivity contribution in [3.05, 3.63) is 35.9 Å². The molecule has 0 radical (unpaired) electrons. The Kier molecular flexibility index (Phi) is 6.09. The van der Waals surface area contributed by atoms with Crippen molar-refractivity contribution in [3.8, 4) is 0 Å². The summed E-state index contributed by atoms with van der Waals surface area (Å²) in [6.07, 6.45) is 7.19. The lowest BCUT2D eigenvalue weighted by molar-refractivity contribution is 0.514. The molecule has 1 aliphatic rings. The van der Waals surface area contributed by atoms with E-state index >= 15 is 0 Å². The fourth-order valence-corrected chi connectivity index (χ4v) is 4.11. The van der Waals surface area contributed by atoms with Gasteiger partial charge in [0.25, 0.3) is 0 Å². The molecule has 2 rings (SSSR count). The zero-order valence-electron chi connectivity index (χ0n) is 11.4. The van der Waals surface area contributed by atoms with E-state index < -0.39 is 0 Å². The van der Waals surface area contributed by atoms with Gasteiger partial charge in [0.05, 0.1) is 0 Å². The van der Waals surface area contributed by atoms with Crippen molar-refractivity contribution in [1.29, 1.82) is 0 Å². The summed E-state index contributed by atoms with van der Waals surface area (Å²) in [6, 6.07) is 11.4. The Bertz CT molecular complexity index is 319. The van der Waals surface area contributed by atoms with Gasteiger partial charge in [-0.3, -0.25) is 0 Å². The molecule has 1 nitrogen and oxygen atoms in total. The monoisotopic (exact) mass is 263 g/mol. The van der Waals surface area contributed by atoms with Gasteiger partial charge in [0.15, 0.2) is 0 Å². The van der Waals surface area contributed by atoms with Gasteiger partial charge in [-0.25, -0.2) is 0 Å². The van der Waals surface area contributed by atoms with E-state index in [0.717, 1.165) is 11.8 Å². The third kappa shape index (κ3) is 4.33. The highest BCUT2D eigenvalue weighted by Gasteiger charge is 2.17. The zero-order chi connectivity index (χ0) is 12.6. The Morgan fingerprint density at radius 3 is 2.56 bits per heavy atom. The first-order valence-corrected chi connectivity index (χ1v) is 8.35. The molecule has 0 saturated heterocycles. The Balaban J connectivity index is 1.86. The molecule has 0 amide bonds. The molecule has 1 fully saturated rings. The summed E-state index contributed by atoms with van der Waals surface area (Å²) in [4.78, 5) is 0. The molecular formula is C16H25NS. The van der Waals surface area contributed by atoms with Crippen LogP contribution in [0.25, 0.3) is 0 Å². The second kappa shape index (κ2) is 7.85. The van der Waals surface area contributed by atoms with Crippen molar-refractivity contribution in [2.45, 2.75) is 50.3 Å². The number of rotatable bonds is 6. The Morgan fingerprint density at radius 2 is 1.89 bits per heavy atom. The maximum Gasteiger partial charge on any atom is 0.0411 e. The quantitative estimate of drug-likeness (QED) is 0.816. The van der Waals surface area contributed by atoms with E-state index in [1.165, 1.54) is 43.4 Å². The molecule has 1 aromatic rings. The molecule has 1 aromatic carbocycles.